The number of nitrogens with one attached hydrogen (secondary N) is 1. The van der Waals surface area contributed by atoms with Crippen molar-refractivity contribution in [1.82, 2.24) is 5.32 Å². The molecule has 3 N–H and O–H groups in total. The fraction of sp³-hybridized carbons (Fsp3) is 1.00. The van der Waals surface area contributed by atoms with Gasteiger partial charge < -0.3 is 15.5 Å². The lowest BCUT2D eigenvalue weighted by Gasteiger charge is -2.45. The molecule has 2 rings (SSSR count). The van der Waals surface area contributed by atoms with Crippen LogP contribution in [-0.2, 0) is 0 Å². The second kappa shape index (κ2) is 4.04. The molecule has 0 aromatic carbocycles. The third-order valence-corrected chi connectivity index (χ3v) is 4.08. The molecule has 0 amide bonds. The molecule has 1 saturated heterocycles. The molecule has 2 aliphatic rings. The van der Waals surface area contributed by atoms with Crippen molar-refractivity contribution in [2.45, 2.75) is 57.2 Å². The Labute approximate surface area is 91.9 Å². The zero-order chi connectivity index (χ0) is 11.1. The Balaban J connectivity index is 2.12. The third kappa shape index (κ3) is 2.19. The van der Waals surface area contributed by atoms with E-state index in [1.807, 2.05) is 0 Å². The summed E-state index contributed by atoms with van der Waals surface area (Å²) in [6.45, 7) is 4.65. The van der Waals surface area contributed by atoms with Crippen LogP contribution in [0.4, 0.5) is 0 Å². The highest BCUT2D eigenvalue weighted by molar-refractivity contribution is 5.02. The summed E-state index contributed by atoms with van der Waals surface area (Å²) < 4.78 is 0. The van der Waals surface area contributed by atoms with E-state index in [4.69, 9.17) is 5.11 Å². The monoisotopic (exact) mass is 213 g/mol. The quantitative estimate of drug-likeness (QED) is 0.639. The second-order valence-corrected chi connectivity index (χ2v) is 5.83. The second-order valence-electron chi connectivity index (χ2n) is 5.83. The summed E-state index contributed by atoms with van der Waals surface area (Å²) >= 11 is 0. The Morgan fingerprint density at radius 3 is 2.73 bits per heavy atom. The predicted octanol–water partition coefficient (Wildman–Crippen LogP) is 0.896. The molecule has 3 nitrogen and oxygen atoms in total. The number of aliphatic hydroxyl groups is 2. The van der Waals surface area contributed by atoms with E-state index in [-0.39, 0.29) is 18.2 Å². The molecule has 0 bridgehead atoms. The summed E-state index contributed by atoms with van der Waals surface area (Å²) in [5.41, 5.74) is 0.158. The first-order chi connectivity index (χ1) is 7.03. The minimum atomic E-state index is -0.157. The van der Waals surface area contributed by atoms with Gasteiger partial charge in [-0.2, -0.15) is 0 Å². The Morgan fingerprint density at radius 1 is 1.33 bits per heavy atom. The maximum Gasteiger partial charge on any atom is 0.0586 e. The molecule has 0 radical (unpaired) electrons. The smallest absolute Gasteiger partial charge is 0.0586 e. The van der Waals surface area contributed by atoms with Gasteiger partial charge in [0.1, 0.15) is 0 Å². The van der Waals surface area contributed by atoms with Crippen molar-refractivity contribution in [2.24, 2.45) is 11.8 Å². The van der Waals surface area contributed by atoms with Gasteiger partial charge in [0, 0.05) is 24.1 Å². The van der Waals surface area contributed by atoms with E-state index in [9.17, 15) is 5.11 Å². The average molecular weight is 213 g/mol. The number of hydrogen-bond donors (Lipinski definition) is 3. The largest absolute Gasteiger partial charge is 0.396 e. The van der Waals surface area contributed by atoms with E-state index in [2.05, 4.69) is 19.2 Å². The Bertz CT molecular complexity index is 230. The van der Waals surface area contributed by atoms with Gasteiger partial charge in [-0.3, -0.25) is 0 Å². The first kappa shape index (κ1) is 11.4. The van der Waals surface area contributed by atoms with Gasteiger partial charge in [0.25, 0.3) is 0 Å². The highest BCUT2D eigenvalue weighted by Gasteiger charge is 2.46. The SMILES string of the molecule is CC1(C)C[C@@H]2CC[C@@H](O)[C@@H]2[C@H](CCO)N1. The van der Waals surface area contributed by atoms with E-state index < -0.39 is 0 Å². The number of fused-ring (bicyclic) bond motifs is 1. The fourth-order valence-corrected chi connectivity index (χ4v) is 3.63. The Morgan fingerprint density at radius 2 is 2.07 bits per heavy atom. The minimum absolute atomic E-state index is 0.157. The average Bonchev–Trinajstić information content (AvgIpc) is 2.46. The molecule has 1 heterocycles. The van der Waals surface area contributed by atoms with Crippen molar-refractivity contribution in [1.29, 1.82) is 0 Å². The third-order valence-electron chi connectivity index (χ3n) is 4.08. The molecule has 2 fully saturated rings. The molecular weight excluding hydrogens is 190 g/mol. The zero-order valence-corrected chi connectivity index (χ0v) is 9.74. The van der Waals surface area contributed by atoms with Gasteiger partial charge in [0.2, 0.25) is 0 Å². The lowest BCUT2D eigenvalue weighted by Crippen LogP contribution is -2.57. The molecule has 0 spiro atoms. The van der Waals surface area contributed by atoms with Crippen LogP contribution in [0.2, 0.25) is 0 Å². The highest BCUT2D eigenvalue weighted by Crippen LogP contribution is 2.43. The van der Waals surface area contributed by atoms with Crippen LogP contribution >= 0.6 is 0 Å². The first-order valence-electron chi connectivity index (χ1n) is 6.10. The molecule has 88 valence electrons. The molecule has 4 atom stereocenters. The van der Waals surface area contributed by atoms with Gasteiger partial charge in [-0.1, -0.05) is 0 Å². The molecule has 1 aliphatic heterocycles. The van der Waals surface area contributed by atoms with Crippen LogP contribution in [0.15, 0.2) is 0 Å². The lowest BCUT2D eigenvalue weighted by atomic mass is 9.74. The Kier molecular flexibility index (Phi) is 3.06. The van der Waals surface area contributed by atoms with Crippen molar-refractivity contribution < 1.29 is 10.2 Å². The minimum Gasteiger partial charge on any atom is -0.396 e. The summed E-state index contributed by atoms with van der Waals surface area (Å²) in [4.78, 5) is 0. The number of piperidine rings is 1. The summed E-state index contributed by atoms with van der Waals surface area (Å²) in [7, 11) is 0. The van der Waals surface area contributed by atoms with Crippen LogP contribution in [0.25, 0.3) is 0 Å². The van der Waals surface area contributed by atoms with Gasteiger partial charge in [-0.15, -0.1) is 0 Å². The van der Waals surface area contributed by atoms with Crippen molar-refractivity contribution in [3.8, 4) is 0 Å². The number of hydrogen-bond acceptors (Lipinski definition) is 3. The van der Waals surface area contributed by atoms with Crippen LogP contribution in [0.3, 0.4) is 0 Å². The topological polar surface area (TPSA) is 52.5 Å². The first-order valence-corrected chi connectivity index (χ1v) is 6.10. The van der Waals surface area contributed by atoms with E-state index in [0.29, 0.717) is 17.9 Å². The van der Waals surface area contributed by atoms with Crippen molar-refractivity contribution in [3.05, 3.63) is 0 Å². The predicted molar refractivity (Wildman–Crippen MR) is 59.5 cm³/mol. The van der Waals surface area contributed by atoms with Gasteiger partial charge >= 0.3 is 0 Å². The standard InChI is InChI=1S/C12H23NO2/c1-12(2)7-8-3-4-10(15)11(8)9(13-12)5-6-14/h8-11,13-15H,3-7H2,1-2H3/t8-,9-,10+,11-/m0/s1. The summed E-state index contributed by atoms with van der Waals surface area (Å²) in [6, 6.07) is 0.293. The molecule has 1 aliphatic carbocycles. The van der Waals surface area contributed by atoms with Gasteiger partial charge in [-0.05, 0) is 45.4 Å². The van der Waals surface area contributed by atoms with Crippen LogP contribution in [0.5, 0.6) is 0 Å². The molecule has 1 saturated carbocycles. The lowest BCUT2D eigenvalue weighted by molar-refractivity contribution is 0.0344. The molecular formula is C12H23NO2. The maximum absolute atomic E-state index is 9.97. The van der Waals surface area contributed by atoms with Gasteiger partial charge in [0.05, 0.1) is 6.10 Å². The Hall–Kier alpha value is -0.120. The number of rotatable bonds is 2. The van der Waals surface area contributed by atoms with Crippen molar-refractivity contribution >= 4 is 0 Å². The van der Waals surface area contributed by atoms with E-state index in [0.717, 1.165) is 25.7 Å². The van der Waals surface area contributed by atoms with Crippen LogP contribution in [0.1, 0.15) is 39.5 Å². The molecule has 0 unspecified atom stereocenters. The molecule has 0 aromatic heterocycles. The van der Waals surface area contributed by atoms with Crippen molar-refractivity contribution in [3.63, 3.8) is 0 Å². The van der Waals surface area contributed by atoms with Crippen LogP contribution in [0, 0.1) is 11.8 Å². The molecule has 0 aromatic rings. The van der Waals surface area contributed by atoms with E-state index >= 15 is 0 Å². The molecule has 3 heteroatoms. The van der Waals surface area contributed by atoms with Gasteiger partial charge in [0.15, 0.2) is 0 Å². The highest BCUT2D eigenvalue weighted by atomic mass is 16.3. The summed E-state index contributed by atoms with van der Waals surface area (Å²) in [6.07, 6.45) is 3.85. The van der Waals surface area contributed by atoms with E-state index in [1.54, 1.807) is 0 Å². The number of aliphatic hydroxyl groups excluding tert-OH is 2. The van der Waals surface area contributed by atoms with Gasteiger partial charge in [-0.25, -0.2) is 0 Å². The normalized spacial score (nSPS) is 44.0. The molecule has 15 heavy (non-hydrogen) atoms. The summed E-state index contributed by atoms with van der Waals surface area (Å²) in [5, 5.41) is 22.6. The fourth-order valence-electron chi connectivity index (χ4n) is 3.63. The zero-order valence-electron chi connectivity index (χ0n) is 9.74. The van der Waals surface area contributed by atoms with Crippen molar-refractivity contribution in [2.75, 3.05) is 6.61 Å². The van der Waals surface area contributed by atoms with E-state index in [1.165, 1.54) is 0 Å². The summed E-state index contributed by atoms with van der Waals surface area (Å²) in [5.74, 6) is 1.01. The van der Waals surface area contributed by atoms with Crippen LogP contribution in [-0.4, -0.2) is 34.5 Å². The van der Waals surface area contributed by atoms with Crippen LogP contribution < -0.4 is 5.32 Å². The maximum atomic E-state index is 9.97.